The third-order valence-electron chi connectivity index (χ3n) is 3.11. The van der Waals surface area contributed by atoms with E-state index in [0.29, 0.717) is 6.54 Å². The van der Waals surface area contributed by atoms with E-state index in [-0.39, 0.29) is 11.0 Å². The van der Waals surface area contributed by atoms with Gasteiger partial charge in [0, 0.05) is 12.2 Å². The van der Waals surface area contributed by atoms with E-state index in [0.717, 1.165) is 23.4 Å². The summed E-state index contributed by atoms with van der Waals surface area (Å²) in [5, 5.41) is -0.174. The summed E-state index contributed by atoms with van der Waals surface area (Å²) in [6.07, 6.45) is -4.45. The summed E-state index contributed by atoms with van der Waals surface area (Å²) >= 11 is 5.75. The molecule has 1 aromatic heterocycles. The van der Waals surface area contributed by atoms with Gasteiger partial charge in [0.05, 0.1) is 5.56 Å². The predicted molar refractivity (Wildman–Crippen MR) is 78.1 cm³/mol. The summed E-state index contributed by atoms with van der Waals surface area (Å²) in [4.78, 5) is 5.73. The molecule has 0 amide bonds. The van der Waals surface area contributed by atoms with E-state index in [1.165, 1.54) is 0 Å². The molecule has 1 heterocycles. The molecule has 1 aromatic carbocycles. The van der Waals surface area contributed by atoms with Crippen molar-refractivity contribution in [3.05, 3.63) is 52.7 Å². The highest BCUT2D eigenvalue weighted by atomic mass is 35.5. The van der Waals surface area contributed by atoms with E-state index in [2.05, 4.69) is 4.98 Å². The molecule has 0 atom stereocenters. The quantitative estimate of drug-likeness (QED) is 0.722. The van der Waals surface area contributed by atoms with Gasteiger partial charge in [-0.2, -0.15) is 13.2 Å². The molecule has 0 spiro atoms. The number of hydrogen-bond acceptors (Lipinski definition) is 2. The van der Waals surface area contributed by atoms with Crippen molar-refractivity contribution in [1.82, 2.24) is 4.98 Å². The number of pyridine rings is 1. The van der Waals surface area contributed by atoms with E-state index in [9.17, 15) is 13.2 Å². The number of hydrogen-bond donors (Lipinski definition) is 0. The van der Waals surface area contributed by atoms with E-state index in [1.807, 2.05) is 38.1 Å². The van der Waals surface area contributed by atoms with Gasteiger partial charge < -0.3 is 4.90 Å². The summed E-state index contributed by atoms with van der Waals surface area (Å²) < 4.78 is 38.7. The molecule has 0 saturated carbocycles. The topological polar surface area (TPSA) is 16.1 Å². The number of halogens is 4. The van der Waals surface area contributed by atoms with E-state index in [4.69, 9.17) is 11.6 Å². The van der Waals surface area contributed by atoms with Crippen molar-refractivity contribution in [2.75, 3.05) is 11.4 Å². The fourth-order valence-electron chi connectivity index (χ4n) is 2.11. The predicted octanol–water partition coefficient (Wildman–Crippen LogP) is 5.22. The maximum atomic E-state index is 12.9. The summed E-state index contributed by atoms with van der Waals surface area (Å²) in [6, 6.07) is 9.29. The Hall–Kier alpha value is -1.75. The van der Waals surface area contributed by atoms with Crippen LogP contribution in [0.2, 0.25) is 5.15 Å². The maximum absolute atomic E-state index is 12.9. The Bertz CT molecular complexity index is 641. The molecule has 21 heavy (non-hydrogen) atoms. The van der Waals surface area contributed by atoms with Gasteiger partial charge in [-0.3, -0.25) is 0 Å². The Labute approximate surface area is 126 Å². The second-order valence-electron chi connectivity index (χ2n) is 4.57. The van der Waals surface area contributed by atoms with Crippen molar-refractivity contribution in [1.29, 1.82) is 0 Å². The van der Waals surface area contributed by atoms with Gasteiger partial charge in [0.2, 0.25) is 0 Å². The van der Waals surface area contributed by atoms with E-state index in [1.54, 1.807) is 4.90 Å². The standard InChI is InChI=1S/C15H14ClF3N2/c1-3-21(12-7-5-4-6-10(12)2)14-9-11(15(17,18)19)8-13(16)20-14/h4-9H,3H2,1-2H3. The minimum absolute atomic E-state index is 0.174. The first-order valence-electron chi connectivity index (χ1n) is 6.41. The molecule has 0 saturated heterocycles. The van der Waals surface area contributed by atoms with Crippen LogP contribution in [0.25, 0.3) is 0 Å². The van der Waals surface area contributed by atoms with Crippen molar-refractivity contribution in [3.8, 4) is 0 Å². The first-order valence-corrected chi connectivity index (χ1v) is 6.78. The molecule has 0 aliphatic heterocycles. The molecule has 0 fully saturated rings. The maximum Gasteiger partial charge on any atom is 0.416 e. The Balaban J connectivity index is 2.53. The zero-order valence-corrected chi connectivity index (χ0v) is 12.3. The fraction of sp³-hybridized carbons (Fsp3) is 0.267. The summed E-state index contributed by atoms with van der Waals surface area (Å²) in [7, 11) is 0. The van der Waals surface area contributed by atoms with Crippen LogP contribution in [-0.2, 0) is 6.18 Å². The minimum atomic E-state index is -4.45. The molecule has 2 rings (SSSR count). The number of alkyl halides is 3. The second kappa shape index (κ2) is 5.93. The average Bonchev–Trinajstić information content (AvgIpc) is 2.40. The molecule has 0 aliphatic rings. The highest BCUT2D eigenvalue weighted by Crippen LogP contribution is 2.35. The largest absolute Gasteiger partial charge is 0.416 e. The lowest BCUT2D eigenvalue weighted by atomic mass is 10.1. The number of rotatable bonds is 3. The highest BCUT2D eigenvalue weighted by Gasteiger charge is 2.32. The number of nitrogens with zero attached hydrogens (tertiary/aromatic N) is 2. The van der Waals surface area contributed by atoms with Gasteiger partial charge >= 0.3 is 6.18 Å². The number of para-hydroxylation sites is 1. The van der Waals surface area contributed by atoms with Crippen LogP contribution in [0.4, 0.5) is 24.7 Å². The lowest BCUT2D eigenvalue weighted by molar-refractivity contribution is -0.137. The highest BCUT2D eigenvalue weighted by molar-refractivity contribution is 6.29. The molecule has 0 bridgehead atoms. The molecule has 112 valence electrons. The van der Waals surface area contributed by atoms with Crippen molar-refractivity contribution in [2.45, 2.75) is 20.0 Å². The van der Waals surface area contributed by atoms with Crippen molar-refractivity contribution in [2.24, 2.45) is 0 Å². The fourth-order valence-corrected chi connectivity index (χ4v) is 2.31. The Morgan fingerprint density at radius 2 is 1.86 bits per heavy atom. The lowest BCUT2D eigenvalue weighted by Gasteiger charge is -2.24. The van der Waals surface area contributed by atoms with Gasteiger partial charge in [-0.05, 0) is 37.6 Å². The smallest absolute Gasteiger partial charge is 0.326 e. The Morgan fingerprint density at radius 3 is 2.43 bits per heavy atom. The van der Waals surface area contributed by atoms with Gasteiger partial charge in [-0.1, -0.05) is 29.8 Å². The number of aryl methyl sites for hydroxylation is 1. The van der Waals surface area contributed by atoms with Crippen LogP contribution < -0.4 is 4.90 Å². The average molecular weight is 315 g/mol. The van der Waals surface area contributed by atoms with Crippen LogP contribution in [0.3, 0.4) is 0 Å². The SMILES string of the molecule is CCN(c1cc(C(F)(F)F)cc(Cl)n1)c1ccccc1C. The minimum Gasteiger partial charge on any atom is -0.326 e. The molecule has 0 unspecified atom stereocenters. The number of benzene rings is 1. The first kappa shape index (κ1) is 15.6. The lowest BCUT2D eigenvalue weighted by Crippen LogP contribution is -2.19. The summed E-state index contributed by atoms with van der Waals surface area (Å²) in [6.45, 7) is 4.23. The molecule has 0 N–H and O–H groups in total. The second-order valence-corrected chi connectivity index (χ2v) is 4.95. The van der Waals surface area contributed by atoms with E-state index < -0.39 is 11.7 Å². The van der Waals surface area contributed by atoms with Crippen LogP contribution in [0.5, 0.6) is 0 Å². The van der Waals surface area contributed by atoms with Crippen LogP contribution in [0.1, 0.15) is 18.1 Å². The van der Waals surface area contributed by atoms with Crippen LogP contribution in [0, 0.1) is 6.92 Å². The molecule has 0 aliphatic carbocycles. The van der Waals surface area contributed by atoms with Crippen LogP contribution in [-0.4, -0.2) is 11.5 Å². The Morgan fingerprint density at radius 1 is 1.19 bits per heavy atom. The first-order chi connectivity index (χ1) is 9.82. The molecule has 2 aromatic rings. The molecule has 6 heteroatoms. The van der Waals surface area contributed by atoms with E-state index >= 15 is 0 Å². The number of aromatic nitrogens is 1. The summed E-state index contributed by atoms with van der Waals surface area (Å²) in [5.74, 6) is 0.187. The zero-order valence-electron chi connectivity index (χ0n) is 11.6. The Kier molecular flexibility index (Phi) is 4.42. The van der Waals surface area contributed by atoms with Crippen LogP contribution in [0.15, 0.2) is 36.4 Å². The third-order valence-corrected chi connectivity index (χ3v) is 3.30. The monoisotopic (exact) mass is 314 g/mol. The summed E-state index contributed by atoms with van der Waals surface area (Å²) in [5.41, 5.74) is 0.960. The van der Waals surface area contributed by atoms with Gasteiger partial charge in [-0.25, -0.2) is 4.98 Å². The van der Waals surface area contributed by atoms with Crippen molar-refractivity contribution in [3.63, 3.8) is 0 Å². The van der Waals surface area contributed by atoms with Gasteiger partial charge in [0.15, 0.2) is 0 Å². The van der Waals surface area contributed by atoms with Gasteiger partial charge in [0.25, 0.3) is 0 Å². The third kappa shape index (κ3) is 3.47. The van der Waals surface area contributed by atoms with Gasteiger partial charge in [0.1, 0.15) is 11.0 Å². The molecular formula is C15H14ClF3N2. The normalized spacial score (nSPS) is 11.5. The van der Waals surface area contributed by atoms with Crippen LogP contribution >= 0.6 is 11.6 Å². The number of anilines is 2. The molecule has 0 radical (unpaired) electrons. The molecule has 2 nitrogen and oxygen atoms in total. The van der Waals surface area contributed by atoms with Gasteiger partial charge in [-0.15, -0.1) is 0 Å². The van der Waals surface area contributed by atoms with Crippen molar-refractivity contribution >= 4 is 23.1 Å². The van der Waals surface area contributed by atoms with Crippen molar-refractivity contribution < 1.29 is 13.2 Å². The molecular weight excluding hydrogens is 301 g/mol. The zero-order chi connectivity index (χ0) is 15.6.